The van der Waals surface area contributed by atoms with Gasteiger partial charge in [0, 0.05) is 0 Å². The van der Waals surface area contributed by atoms with Gasteiger partial charge in [0.2, 0.25) is 0 Å². The fourth-order valence-electron chi connectivity index (χ4n) is 0. The Morgan fingerprint density at radius 3 is 1.11 bits per heavy atom. The molecular weight excluding hydrogens is 134 g/mol. The second kappa shape index (κ2) is 4.52. The average molecular weight is 150 g/mol. The minimum Gasteiger partial charge on any atom is -0.377 e. The molecule has 0 heterocycles. The van der Waals surface area contributed by atoms with Crippen molar-refractivity contribution in [3.8, 4) is 0 Å². The monoisotopic (exact) mass is 150 g/mol. The summed E-state index contributed by atoms with van der Waals surface area (Å²) in [6.07, 6.45) is 0. The van der Waals surface area contributed by atoms with Crippen LogP contribution in [-0.2, 0) is 0 Å². The third-order valence-corrected chi connectivity index (χ3v) is 0. The van der Waals surface area contributed by atoms with Gasteiger partial charge in [-0.25, -0.2) is 0 Å². The molecule has 0 unspecified atom stereocenters. The van der Waals surface area contributed by atoms with Crippen molar-refractivity contribution in [2.24, 2.45) is 11.5 Å². The highest BCUT2D eigenvalue weighted by atomic mass is 32.1. The maximum absolute atomic E-state index is 4.62. The molecule has 0 aliphatic rings. The van der Waals surface area contributed by atoms with Gasteiger partial charge in [-0.1, -0.05) is 0 Å². The molecular formula is C5H16N3S+. The number of thiocarbonyl (C=S) groups is 1. The molecule has 0 aliphatic carbocycles. The molecule has 9 heavy (non-hydrogen) atoms. The third kappa shape index (κ3) is 1990. The molecule has 0 aromatic rings. The fourth-order valence-corrected chi connectivity index (χ4v) is 0. The van der Waals surface area contributed by atoms with Crippen LogP contribution in [0.25, 0.3) is 0 Å². The number of rotatable bonds is 0. The van der Waals surface area contributed by atoms with Crippen LogP contribution in [0.15, 0.2) is 0 Å². The van der Waals surface area contributed by atoms with Crippen LogP contribution in [0, 0.1) is 0 Å². The van der Waals surface area contributed by atoms with Crippen molar-refractivity contribution in [1.82, 2.24) is 0 Å². The van der Waals surface area contributed by atoms with Gasteiger partial charge < -0.3 is 16.0 Å². The van der Waals surface area contributed by atoms with Crippen LogP contribution in [0.4, 0.5) is 0 Å². The predicted molar refractivity (Wildman–Crippen MR) is 44.9 cm³/mol. The SMILES string of the molecule is C[N+](C)(C)C.NC(N)=S. The van der Waals surface area contributed by atoms with E-state index in [4.69, 9.17) is 0 Å². The van der Waals surface area contributed by atoms with Crippen LogP contribution in [-0.4, -0.2) is 37.8 Å². The highest BCUT2D eigenvalue weighted by Gasteiger charge is 1.88. The Bertz CT molecular complexity index is 74.7. The summed E-state index contributed by atoms with van der Waals surface area (Å²) in [4.78, 5) is 0. The highest BCUT2D eigenvalue weighted by molar-refractivity contribution is 7.80. The van der Waals surface area contributed by atoms with Crippen molar-refractivity contribution in [2.45, 2.75) is 0 Å². The van der Waals surface area contributed by atoms with E-state index in [1.54, 1.807) is 0 Å². The van der Waals surface area contributed by atoms with Gasteiger partial charge in [-0.2, -0.15) is 0 Å². The number of quaternary nitrogens is 1. The summed E-state index contributed by atoms with van der Waals surface area (Å²) in [6, 6.07) is 0. The summed E-state index contributed by atoms with van der Waals surface area (Å²) in [5.41, 5.74) is 9.24. The van der Waals surface area contributed by atoms with Crippen molar-refractivity contribution >= 4 is 17.3 Å². The summed E-state index contributed by atoms with van der Waals surface area (Å²) in [5.74, 6) is 0. The fraction of sp³-hybridized carbons (Fsp3) is 0.800. The number of hydrogen-bond donors (Lipinski definition) is 2. The number of nitrogens with zero attached hydrogens (tertiary/aromatic N) is 1. The molecule has 0 spiro atoms. The Morgan fingerprint density at radius 2 is 1.11 bits per heavy atom. The van der Waals surface area contributed by atoms with Crippen LogP contribution in [0.3, 0.4) is 0 Å². The molecule has 0 rings (SSSR count). The first-order valence-corrected chi connectivity index (χ1v) is 2.98. The van der Waals surface area contributed by atoms with Crippen LogP contribution in [0.1, 0.15) is 0 Å². The Balaban J connectivity index is 0. The second-order valence-corrected chi connectivity index (χ2v) is 3.56. The van der Waals surface area contributed by atoms with Crippen molar-refractivity contribution in [3.63, 3.8) is 0 Å². The molecule has 0 fully saturated rings. The van der Waals surface area contributed by atoms with E-state index < -0.39 is 0 Å². The van der Waals surface area contributed by atoms with Crippen LogP contribution >= 0.6 is 12.2 Å². The summed E-state index contributed by atoms with van der Waals surface area (Å²) >= 11 is 4.09. The van der Waals surface area contributed by atoms with Gasteiger partial charge in [-0.3, -0.25) is 0 Å². The highest BCUT2D eigenvalue weighted by Crippen LogP contribution is 1.73. The van der Waals surface area contributed by atoms with E-state index in [1.165, 1.54) is 0 Å². The topological polar surface area (TPSA) is 52.0 Å². The van der Waals surface area contributed by atoms with Gasteiger partial charge in [-0.05, 0) is 12.2 Å². The Kier molecular flexibility index (Phi) is 5.75. The molecule has 56 valence electrons. The van der Waals surface area contributed by atoms with Gasteiger partial charge in [0.05, 0.1) is 28.2 Å². The number of nitrogens with two attached hydrogens (primary N) is 2. The summed E-state index contributed by atoms with van der Waals surface area (Å²) in [6.45, 7) is 0. The first-order valence-electron chi connectivity index (χ1n) is 2.57. The lowest BCUT2D eigenvalue weighted by atomic mass is 10.8. The predicted octanol–water partition coefficient (Wildman–Crippen LogP) is -0.489. The lowest BCUT2D eigenvalue weighted by molar-refractivity contribution is -0.849. The molecule has 0 aromatic heterocycles. The van der Waals surface area contributed by atoms with Crippen molar-refractivity contribution in [1.29, 1.82) is 0 Å². The third-order valence-electron chi connectivity index (χ3n) is 0. The molecule has 0 saturated heterocycles. The summed E-state index contributed by atoms with van der Waals surface area (Å²) in [5, 5.41) is 0.000000000000000222. The van der Waals surface area contributed by atoms with E-state index in [-0.39, 0.29) is 5.11 Å². The van der Waals surface area contributed by atoms with Gasteiger partial charge in [0.15, 0.2) is 5.11 Å². The van der Waals surface area contributed by atoms with E-state index in [2.05, 4.69) is 51.9 Å². The minimum atomic E-state index is 0.000000000000000222. The van der Waals surface area contributed by atoms with E-state index in [0.717, 1.165) is 4.48 Å². The van der Waals surface area contributed by atoms with Gasteiger partial charge in [0.1, 0.15) is 0 Å². The molecule has 0 aromatic carbocycles. The van der Waals surface area contributed by atoms with Crippen molar-refractivity contribution < 1.29 is 4.48 Å². The molecule has 0 radical (unpaired) electrons. The summed E-state index contributed by atoms with van der Waals surface area (Å²) < 4.78 is 1.00. The maximum Gasteiger partial charge on any atom is 0.160 e. The van der Waals surface area contributed by atoms with E-state index >= 15 is 0 Å². The largest absolute Gasteiger partial charge is 0.377 e. The first kappa shape index (κ1) is 11.4. The van der Waals surface area contributed by atoms with Crippen molar-refractivity contribution in [3.05, 3.63) is 0 Å². The number of hydrogen-bond acceptors (Lipinski definition) is 1. The van der Waals surface area contributed by atoms with E-state index in [0.29, 0.717) is 0 Å². The zero-order chi connectivity index (χ0) is 8.08. The van der Waals surface area contributed by atoms with Gasteiger partial charge in [0.25, 0.3) is 0 Å². The molecule has 0 aliphatic heterocycles. The van der Waals surface area contributed by atoms with Crippen LogP contribution in [0.2, 0.25) is 0 Å². The Labute approximate surface area is 62.2 Å². The molecule has 4 heteroatoms. The quantitative estimate of drug-likeness (QED) is 0.362. The second-order valence-electron chi connectivity index (χ2n) is 3.09. The molecule has 0 amide bonds. The zero-order valence-corrected chi connectivity index (χ0v) is 7.33. The minimum absolute atomic E-state index is 0.000000000000000222. The summed E-state index contributed by atoms with van der Waals surface area (Å²) in [7, 11) is 8.50. The normalized spacial score (nSPS) is 9.33. The Morgan fingerprint density at radius 1 is 1.11 bits per heavy atom. The first-order chi connectivity index (χ1) is 3.73. The molecule has 0 atom stereocenters. The molecule has 0 bridgehead atoms. The lowest BCUT2D eigenvalue weighted by Gasteiger charge is -2.14. The standard InChI is InChI=1S/C4H12N.CH4N2S/c1-5(2,3)4;2-1(3)4/h1-4H3;(H4,2,3,4)/q+1;. The molecule has 4 N–H and O–H groups in total. The lowest BCUT2D eigenvalue weighted by Crippen LogP contribution is -2.27. The maximum atomic E-state index is 4.62. The molecule has 3 nitrogen and oxygen atoms in total. The Hall–Kier alpha value is -0.350. The van der Waals surface area contributed by atoms with Gasteiger partial charge in [-0.15, -0.1) is 0 Å². The van der Waals surface area contributed by atoms with Crippen LogP contribution < -0.4 is 11.5 Å². The zero-order valence-electron chi connectivity index (χ0n) is 6.51. The average Bonchev–Trinajstić information content (AvgIpc) is 1.19. The van der Waals surface area contributed by atoms with Crippen LogP contribution in [0.5, 0.6) is 0 Å². The van der Waals surface area contributed by atoms with E-state index in [1.807, 2.05) is 0 Å². The van der Waals surface area contributed by atoms with Crippen molar-refractivity contribution in [2.75, 3.05) is 28.2 Å². The smallest absolute Gasteiger partial charge is 0.160 e. The van der Waals surface area contributed by atoms with Gasteiger partial charge >= 0.3 is 0 Å². The molecule has 0 saturated carbocycles. The van der Waals surface area contributed by atoms with E-state index in [9.17, 15) is 0 Å².